The van der Waals surface area contributed by atoms with Crippen molar-refractivity contribution < 1.29 is 18.8 Å². The summed E-state index contributed by atoms with van der Waals surface area (Å²) in [6, 6.07) is 7.57. The van der Waals surface area contributed by atoms with E-state index in [-0.39, 0.29) is 12.5 Å². The Labute approximate surface area is 143 Å². The molecule has 0 saturated carbocycles. The van der Waals surface area contributed by atoms with Crippen LogP contribution in [0, 0.1) is 13.8 Å². The molecule has 0 aliphatic carbocycles. The van der Waals surface area contributed by atoms with Crippen molar-refractivity contribution in [3.8, 4) is 0 Å². The molecular formula is C17H16N2O4S. The summed E-state index contributed by atoms with van der Waals surface area (Å²) in [5, 5.41) is 3.86. The Morgan fingerprint density at radius 2 is 2.21 bits per heavy atom. The van der Waals surface area contributed by atoms with Crippen molar-refractivity contribution in [3.05, 3.63) is 41.3 Å². The van der Waals surface area contributed by atoms with Gasteiger partial charge >= 0.3 is 5.97 Å². The number of carbonyl (C=O) groups excluding carboxylic acids is 2. The number of amides is 1. The van der Waals surface area contributed by atoms with Crippen LogP contribution in [-0.2, 0) is 20.9 Å². The van der Waals surface area contributed by atoms with Crippen LogP contribution in [0.3, 0.4) is 0 Å². The predicted molar refractivity (Wildman–Crippen MR) is 87.5 cm³/mol. The van der Waals surface area contributed by atoms with Gasteiger partial charge in [-0.1, -0.05) is 29.1 Å². The molecular weight excluding hydrogens is 328 g/mol. The summed E-state index contributed by atoms with van der Waals surface area (Å²) in [5.74, 6) is 0.204. The highest BCUT2D eigenvalue weighted by Crippen LogP contribution is 2.56. The molecule has 1 aromatic heterocycles. The molecule has 124 valence electrons. The van der Waals surface area contributed by atoms with E-state index in [2.05, 4.69) is 5.16 Å². The first-order valence-electron chi connectivity index (χ1n) is 7.73. The quantitative estimate of drug-likeness (QED) is 0.797. The maximum atomic E-state index is 12.9. The molecule has 1 atom stereocenters. The lowest BCUT2D eigenvalue weighted by molar-refractivity contribution is -0.148. The molecule has 4 rings (SSSR count). The van der Waals surface area contributed by atoms with Gasteiger partial charge in [-0.3, -0.25) is 9.69 Å². The molecule has 0 radical (unpaired) electrons. The van der Waals surface area contributed by atoms with Crippen LogP contribution in [-0.4, -0.2) is 21.9 Å². The van der Waals surface area contributed by atoms with Crippen LogP contribution in [0.2, 0.25) is 0 Å². The average Bonchev–Trinajstić information content (AvgIpc) is 3.19. The van der Waals surface area contributed by atoms with Gasteiger partial charge < -0.3 is 9.26 Å². The number of para-hydroxylation sites is 1. The summed E-state index contributed by atoms with van der Waals surface area (Å²) in [6.45, 7) is 3.69. The van der Waals surface area contributed by atoms with Crippen molar-refractivity contribution in [2.75, 3.05) is 4.90 Å². The molecule has 24 heavy (non-hydrogen) atoms. The number of aromatic nitrogens is 1. The van der Waals surface area contributed by atoms with Crippen LogP contribution in [0.4, 0.5) is 5.69 Å². The van der Waals surface area contributed by atoms with E-state index >= 15 is 0 Å². The number of esters is 1. The third-order valence-electron chi connectivity index (χ3n) is 4.52. The number of aryl methyl sites for hydroxylation is 2. The second-order valence-electron chi connectivity index (χ2n) is 5.96. The molecule has 2 aromatic rings. The smallest absolute Gasteiger partial charge is 0.343 e. The van der Waals surface area contributed by atoms with E-state index in [0.29, 0.717) is 24.3 Å². The van der Waals surface area contributed by atoms with E-state index in [0.717, 1.165) is 16.1 Å². The average molecular weight is 344 g/mol. The van der Waals surface area contributed by atoms with Crippen molar-refractivity contribution >= 4 is 29.3 Å². The van der Waals surface area contributed by atoms with Gasteiger partial charge in [-0.05, 0) is 26.0 Å². The molecule has 0 unspecified atom stereocenters. The SMILES string of the molecule is Cc1noc(C)c1COC(=O)[C@@]12CCC(=O)N1c1ccccc1S2. The zero-order chi connectivity index (χ0) is 16.9. The lowest BCUT2D eigenvalue weighted by atomic mass is 10.2. The predicted octanol–water partition coefficient (Wildman–Crippen LogP) is 2.96. The van der Waals surface area contributed by atoms with Gasteiger partial charge in [0.05, 0.1) is 16.9 Å². The highest BCUT2D eigenvalue weighted by atomic mass is 32.2. The molecule has 1 aromatic carbocycles. The maximum Gasteiger partial charge on any atom is 0.343 e. The molecule has 0 bridgehead atoms. The van der Waals surface area contributed by atoms with Crippen molar-refractivity contribution in [3.63, 3.8) is 0 Å². The van der Waals surface area contributed by atoms with E-state index in [1.165, 1.54) is 11.8 Å². The van der Waals surface area contributed by atoms with Crippen LogP contribution in [0.15, 0.2) is 33.7 Å². The zero-order valence-electron chi connectivity index (χ0n) is 13.4. The van der Waals surface area contributed by atoms with Gasteiger partial charge in [-0.2, -0.15) is 0 Å². The number of carbonyl (C=O) groups is 2. The number of hydrogen-bond acceptors (Lipinski definition) is 6. The first kappa shape index (κ1) is 15.3. The third kappa shape index (κ3) is 2.07. The molecule has 3 heterocycles. The van der Waals surface area contributed by atoms with Gasteiger partial charge in [-0.15, -0.1) is 0 Å². The maximum absolute atomic E-state index is 12.9. The summed E-state index contributed by atoms with van der Waals surface area (Å²) < 4.78 is 10.7. The number of nitrogens with zero attached hydrogens (tertiary/aromatic N) is 2. The molecule has 1 saturated heterocycles. The number of hydrogen-bond donors (Lipinski definition) is 0. The Bertz CT molecular complexity index is 827. The van der Waals surface area contributed by atoms with Gasteiger partial charge in [0.15, 0.2) is 4.87 Å². The van der Waals surface area contributed by atoms with Crippen molar-refractivity contribution in [1.29, 1.82) is 0 Å². The molecule has 0 spiro atoms. The van der Waals surface area contributed by atoms with Gasteiger partial charge in [0.25, 0.3) is 0 Å². The fourth-order valence-electron chi connectivity index (χ4n) is 3.23. The summed E-state index contributed by atoms with van der Waals surface area (Å²) >= 11 is 1.40. The fraction of sp³-hybridized carbons (Fsp3) is 0.353. The monoisotopic (exact) mass is 344 g/mol. The molecule has 1 amide bonds. The second-order valence-corrected chi connectivity index (χ2v) is 7.28. The minimum Gasteiger partial charge on any atom is -0.458 e. The standard InChI is InChI=1S/C17H16N2O4S/c1-10-12(11(2)23-18-10)9-22-16(21)17-8-7-15(20)19(17)13-5-3-4-6-14(13)24-17/h3-6H,7-9H2,1-2H3/t17-/m0/s1. The summed E-state index contributed by atoms with van der Waals surface area (Å²) in [4.78, 5) is 26.8. The number of rotatable bonds is 3. The van der Waals surface area contributed by atoms with Crippen LogP contribution < -0.4 is 4.90 Å². The van der Waals surface area contributed by atoms with E-state index in [1.807, 2.05) is 31.2 Å². The lowest BCUT2D eigenvalue weighted by Crippen LogP contribution is -2.47. The van der Waals surface area contributed by atoms with E-state index in [1.54, 1.807) is 11.8 Å². The molecule has 0 N–H and O–H groups in total. The van der Waals surface area contributed by atoms with Gasteiger partial charge in [0, 0.05) is 17.7 Å². The number of thioether (sulfide) groups is 1. The molecule has 7 heteroatoms. The largest absolute Gasteiger partial charge is 0.458 e. The normalized spacial score (nSPS) is 21.8. The number of fused-ring (bicyclic) bond motifs is 3. The molecule has 2 aliphatic heterocycles. The van der Waals surface area contributed by atoms with E-state index in [4.69, 9.17) is 9.26 Å². The van der Waals surface area contributed by atoms with Crippen LogP contribution >= 0.6 is 11.8 Å². The summed E-state index contributed by atoms with van der Waals surface area (Å²) in [5.41, 5.74) is 2.27. The Balaban J connectivity index is 1.61. The van der Waals surface area contributed by atoms with Crippen LogP contribution in [0.5, 0.6) is 0 Å². The summed E-state index contributed by atoms with van der Waals surface area (Å²) in [6.07, 6.45) is 0.799. The number of anilines is 1. The van der Waals surface area contributed by atoms with Crippen LogP contribution in [0.1, 0.15) is 29.9 Å². The highest BCUT2D eigenvalue weighted by Gasteiger charge is 2.58. The van der Waals surface area contributed by atoms with Crippen molar-refractivity contribution in [1.82, 2.24) is 5.16 Å². The third-order valence-corrected chi connectivity index (χ3v) is 5.98. The van der Waals surface area contributed by atoms with E-state index < -0.39 is 10.8 Å². The van der Waals surface area contributed by atoms with Gasteiger partial charge in [0.2, 0.25) is 5.91 Å². The molecule has 1 fully saturated rings. The number of benzene rings is 1. The second kappa shape index (κ2) is 5.37. The highest BCUT2D eigenvalue weighted by molar-refractivity contribution is 8.02. The zero-order valence-corrected chi connectivity index (χ0v) is 14.2. The van der Waals surface area contributed by atoms with E-state index in [9.17, 15) is 9.59 Å². The molecule has 6 nitrogen and oxygen atoms in total. The Kier molecular flexibility index (Phi) is 3.42. The molecule has 2 aliphatic rings. The summed E-state index contributed by atoms with van der Waals surface area (Å²) in [7, 11) is 0. The number of ether oxygens (including phenoxy) is 1. The minimum absolute atomic E-state index is 0.0401. The Hall–Kier alpha value is -2.28. The first-order valence-corrected chi connectivity index (χ1v) is 8.54. The van der Waals surface area contributed by atoms with Gasteiger partial charge in [-0.25, -0.2) is 4.79 Å². The minimum atomic E-state index is -0.986. The topological polar surface area (TPSA) is 72.6 Å². The van der Waals surface area contributed by atoms with Crippen molar-refractivity contribution in [2.24, 2.45) is 0 Å². The van der Waals surface area contributed by atoms with Crippen LogP contribution in [0.25, 0.3) is 0 Å². The van der Waals surface area contributed by atoms with Crippen molar-refractivity contribution in [2.45, 2.75) is 43.1 Å². The fourth-order valence-corrected chi connectivity index (χ4v) is 4.64. The van der Waals surface area contributed by atoms with Gasteiger partial charge in [0.1, 0.15) is 12.4 Å². The lowest BCUT2D eigenvalue weighted by Gasteiger charge is -2.28. The first-order chi connectivity index (χ1) is 11.5. The Morgan fingerprint density at radius 1 is 1.42 bits per heavy atom. The Morgan fingerprint density at radius 3 is 2.96 bits per heavy atom.